The molecule has 0 N–H and O–H groups in total. The molecule has 0 bridgehead atoms. The molecule has 0 atom stereocenters. The third-order valence-corrected chi connectivity index (χ3v) is 2.82. The van der Waals surface area contributed by atoms with Crippen molar-refractivity contribution in [3.63, 3.8) is 0 Å². The molecule has 0 aliphatic rings. The minimum Gasteiger partial charge on any atom is -0.242 e. The van der Waals surface area contributed by atoms with Gasteiger partial charge in [0.1, 0.15) is 12.5 Å². The molecule has 0 fully saturated rings. The molecule has 4 nitrogen and oxygen atoms in total. The second-order valence-electron chi connectivity index (χ2n) is 3.34. The Hall–Kier alpha value is -0.890. The van der Waals surface area contributed by atoms with Crippen LogP contribution in [0.15, 0.2) is 0 Å². The fourth-order valence-electron chi connectivity index (χ4n) is 0.987. The van der Waals surface area contributed by atoms with Crippen molar-refractivity contribution in [1.29, 1.82) is 0 Å². The maximum Gasteiger partial charge on any atom is 0.197 e. The maximum absolute atomic E-state index is 12.5. The van der Waals surface area contributed by atoms with Crippen molar-refractivity contribution in [2.45, 2.75) is 13.6 Å². The van der Waals surface area contributed by atoms with Crippen LogP contribution in [0, 0.1) is 18.6 Å². The molecule has 2 rings (SSSR count). The van der Waals surface area contributed by atoms with Crippen molar-refractivity contribution in [1.82, 2.24) is 19.9 Å². The van der Waals surface area contributed by atoms with Crippen molar-refractivity contribution in [2.24, 2.45) is 0 Å². The zero-order valence-corrected chi connectivity index (χ0v) is 13.2. The van der Waals surface area contributed by atoms with Gasteiger partial charge in [-0.25, -0.2) is 33.1 Å². The first-order chi connectivity index (χ1) is 9.76. The number of aromatic nitrogens is 4. The highest BCUT2D eigenvalue weighted by Gasteiger charge is 2.10. The fourth-order valence-corrected chi connectivity index (χ4v) is 1.88. The minimum absolute atomic E-state index is 0.221. The molecular formula is C10H5Cl4F3N4. The molecule has 0 aliphatic carbocycles. The number of hydrogen-bond acceptors (Lipinski definition) is 4. The van der Waals surface area contributed by atoms with E-state index in [0.717, 1.165) is 0 Å². The highest BCUT2D eigenvalue weighted by molar-refractivity contribution is 6.33. The molecule has 2 aromatic rings. The van der Waals surface area contributed by atoms with Crippen LogP contribution in [0.2, 0.25) is 20.6 Å². The molecular weight excluding hydrogens is 375 g/mol. The van der Waals surface area contributed by atoms with Gasteiger partial charge in [0, 0.05) is 0 Å². The zero-order chi connectivity index (χ0) is 16.2. The van der Waals surface area contributed by atoms with Gasteiger partial charge in [0.25, 0.3) is 0 Å². The number of aryl methyl sites for hydroxylation is 1. The van der Waals surface area contributed by atoms with E-state index in [2.05, 4.69) is 19.9 Å². The standard InChI is InChI=1S/C5H2Cl2F2N2.C5H3Cl2FN2/c6-4-3(9)5(7)11-2(1-8)10-4;1-2-9-4(6)3(8)5(7)10-2/h1H2;1H3. The normalized spacial score (nSPS) is 10.1. The van der Waals surface area contributed by atoms with Crippen LogP contribution in [0.3, 0.4) is 0 Å². The molecule has 21 heavy (non-hydrogen) atoms. The lowest BCUT2D eigenvalue weighted by Gasteiger charge is -1.97. The number of halogens is 7. The van der Waals surface area contributed by atoms with Crippen LogP contribution in [0.25, 0.3) is 0 Å². The summed E-state index contributed by atoms with van der Waals surface area (Å²) in [5, 5.41) is -1.40. The summed E-state index contributed by atoms with van der Waals surface area (Å²) < 4.78 is 36.9. The molecule has 0 saturated heterocycles. The van der Waals surface area contributed by atoms with E-state index in [-0.39, 0.29) is 16.1 Å². The van der Waals surface area contributed by atoms with Gasteiger partial charge in [-0.15, -0.1) is 0 Å². The van der Waals surface area contributed by atoms with Crippen LogP contribution in [0.1, 0.15) is 11.6 Å². The van der Waals surface area contributed by atoms with Gasteiger partial charge in [0.15, 0.2) is 38.1 Å². The smallest absolute Gasteiger partial charge is 0.197 e. The van der Waals surface area contributed by atoms with Crippen LogP contribution in [-0.4, -0.2) is 19.9 Å². The molecule has 2 heterocycles. The number of hydrogen-bond donors (Lipinski definition) is 0. The first-order valence-corrected chi connectivity index (χ1v) is 6.56. The molecule has 0 amide bonds. The quantitative estimate of drug-likeness (QED) is 0.678. The zero-order valence-electron chi connectivity index (χ0n) is 10.1. The Morgan fingerprint density at radius 1 is 0.762 bits per heavy atom. The van der Waals surface area contributed by atoms with Gasteiger partial charge >= 0.3 is 0 Å². The molecule has 0 unspecified atom stereocenters. The Kier molecular flexibility index (Phi) is 6.86. The summed E-state index contributed by atoms with van der Waals surface area (Å²) in [5.74, 6) is -1.56. The Labute approximate surface area is 137 Å². The topological polar surface area (TPSA) is 51.6 Å². The largest absolute Gasteiger partial charge is 0.242 e. The third kappa shape index (κ3) is 5.10. The third-order valence-electron chi connectivity index (χ3n) is 1.82. The number of alkyl halides is 1. The van der Waals surface area contributed by atoms with Gasteiger partial charge in [0.2, 0.25) is 0 Å². The average molecular weight is 380 g/mol. The summed E-state index contributed by atoms with van der Waals surface area (Å²) in [7, 11) is 0. The lowest BCUT2D eigenvalue weighted by Crippen LogP contribution is -1.96. The molecule has 0 aliphatic heterocycles. The van der Waals surface area contributed by atoms with E-state index in [1.54, 1.807) is 6.92 Å². The van der Waals surface area contributed by atoms with Crippen LogP contribution < -0.4 is 0 Å². The molecule has 0 saturated carbocycles. The van der Waals surface area contributed by atoms with Gasteiger partial charge in [-0.2, -0.15) is 0 Å². The van der Waals surface area contributed by atoms with Crippen LogP contribution >= 0.6 is 46.4 Å². The van der Waals surface area contributed by atoms with Crippen molar-refractivity contribution < 1.29 is 13.2 Å². The van der Waals surface area contributed by atoms with E-state index in [1.165, 1.54) is 0 Å². The van der Waals surface area contributed by atoms with Crippen molar-refractivity contribution >= 4 is 46.4 Å². The predicted octanol–water partition coefficient (Wildman–Crippen LogP) is 4.62. The average Bonchev–Trinajstić information content (AvgIpc) is 2.42. The summed E-state index contributed by atoms with van der Waals surface area (Å²) in [4.78, 5) is 13.6. The van der Waals surface area contributed by atoms with Crippen LogP contribution in [0.4, 0.5) is 13.2 Å². The minimum atomic E-state index is -0.925. The Morgan fingerprint density at radius 3 is 1.43 bits per heavy atom. The van der Waals surface area contributed by atoms with Crippen molar-refractivity contribution in [2.75, 3.05) is 0 Å². The van der Waals surface area contributed by atoms with E-state index < -0.39 is 28.6 Å². The van der Waals surface area contributed by atoms with E-state index in [9.17, 15) is 13.2 Å². The highest BCUT2D eigenvalue weighted by Crippen LogP contribution is 2.19. The summed E-state index contributed by atoms with van der Waals surface area (Å²) in [6, 6.07) is 0. The Morgan fingerprint density at radius 2 is 1.10 bits per heavy atom. The summed E-state index contributed by atoms with van der Waals surface area (Å²) in [6.45, 7) is 0.664. The van der Waals surface area contributed by atoms with Crippen molar-refractivity contribution in [3.05, 3.63) is 43.9 Å². The van der Waals surface area contributed by atoms with Gasteiger partial charge in [0.05, 0.1) is 0 Å². The van der Waals surface area contributed by atoms with Gasteiger partial charge < -0.3 is 0 Å². The summed E-state index contributed by atoms with van der Waals surface area (Å²) >= 11 is 21.1. The molecule has 11 heteroatoms. The Balaban J connectivity index is 0.000000211. The van der Waals surface area contributed by atoms with E-state index in [1.807, 2.05) is 0 Å². The monoisotopic (exact) mass is 378 g/mol. The van der Waals surface area contributed by atoms with E-state index in [0.29, 0.717) is 5.82 Å². The first kappa shape index (κ1) is 18.2. The molecule has 114 valence electrons. The van der Waals surface area contributed by atoms with E-state index >= 15 is 0 Å². The van der Waals surface area contributed by atoms with Gasteiger partial charge in [-0.1, -0.05) is 46.4 Å². The second kappa shape index (κ2) is 7.93. The van der Waals surface area contributed by atoms with Gasteiger partial charge in [-0.3, -0.25) is 0 Å². The lowest BCUT2D eigenvalue weighted by molar-refractivity contribution is 0.462. The molecule has 0 spiro atoms. The SMILES string of the molecule is Cc1nc(Cl)c(F)c(Cl)n1.FCc1nc(Cl)c(F)c(Cl)n1. The number of nitrogens with zero attached hydrogens (tertiary/aromatic N) is 4. The van der Waals surface area contributed by atoms with Crippen LogP contribution in [-0.2, 0) is 6.67 Å². The highest BCUT2D eigenvalue weighted by atomic mass is 35.5. The van der Waals surface area contributed by atoms with Crippen LogP contribution in [0.5, 0.6) is 0 Å². The molecule has 2 aromatic heterocycles. The molecule has 0 aromatic carbocycles. The maximum atomic E-state index is 12.5. The molecule has 0 radical (unpaired) electrons. The summed E-state index contributed by atoms with van der Waals surface area (Å²) in [5.41, 5.74) is 0. The first-order valence-electron chi connectivity index (χ1n) is 5.04. The second-order valence-corrected chi connectivity index (χ2v) is 4.77. The lowest BCUT2D eigenvalue weighted by atomic mass is 10.6. The fraction of sp³-hybridized carbons (Fsp3) is 0.200. The number of rotatable bonds is 1. The van der Waals surface area contributed by atoms with Gasteiger partial charge in [-0.05, 0) is 6.92 Å². The Bertz CT molecular complexity index is 610. The predicted molar refractivity (Wildman–Crippen MR) is 73.6 cm³/mol. The summed E-state index contributed by atoms with van der Waals surface area (Å²) in [6.07, 6.45) is 0. The van der Waals surface area contributed by atoms with Crippen molar-refractivity contribution in [3.8, 4) is 0 Å². The van der Waals surface area contributed by atoms with E-state index in [4.69, 9.17) is 46.4 Å².